The Kier molecular flexibility index (Phi) is 1.81. The molecule has 72 valence electrons. The first-order valence-corrected chi connectivity index (χ1v) is 4.40. The third-order valence-electron chi connectivity index (χ3n) is 2.53. The largest absolute Gasteiger partial charge is 0.503 e. The number of aryl methyl sites for hydroxylation is 2. The van der Waals surface area contributed by atoms with Gasteiger partial charge in [0, 0.05) is 18.0 Å². The summed E-state index contributed by atoms with van der Waals surface area (Å²) in [4.78, 5) is 11.5. The number of nitrogens with zero attached hydrogens (tertiary/aromatic N) is 1. The van der Waals surface area contributed by atoms with Gasteiger partial charge in [-0.05, 0) is 13.0 Å². The van der Waals surface area contributed by atoms with Crippen LogP contribution in [0.4, 0.5) is 0 Å². The average molecular weight is 189 g/mol. The van der Waals surface area contributed by atoms with Crippen LogP contribution in [0.3, 0.4) is 0 Å². The summed E-state index contributed by atoms with van der Waals surface area (Å²) < 4.78 is 1.46. The van der Waals surface area contributed by atoms with Gasteiger partial charge in [0.2, 0.25) is 0 Å². The number of pyridine rings is 1. The van der Waals surface area contributed by atoms with Crippen LogP contribution in [-0.2, 0) is 7.05 Å². The second kappa shape index (κ2) is 2.87. The summed E-state index contributed by atoms with van der Waals surface area (Å²) in [6.45, 7) is 1.75. The van der Waals surface area contributed by atoms with Crippen LogP contribution in [0.1, 0.15) is 5.56 Å². The van der Waals surface area contributed by atoms with Gasteiger partial charge in [-0.25, -0.2) is 0 Å². The number of hydrogen-bond acceptors (Lipinski definition) is 2. The molecule has 0 amide bonds. The molecule has 1 aromatic heterocycles. The summed E-state index contributed by atoms with van der Waals surface area (Å²) in [7, 11) is 1.66. The van der Waals surface area contributed by atoms with E-state index in [9.17, 15) is 9.90 Å². The molecule has 0 saturated heterocycles. The van der Waals surface area contributed by atoms with Crippen LogP contribution in [-0.4, -0.2) is 9.67 Å². The molecule has 2 rings (SSSR count). The quantitative estimate of drug-likeness (QED) is 0.683. The molecule has 0 radical (unpaired) electrons. The zero-order valence-electron chi connectivity index (χ0n) is 8.11. The summed E-state index contributed by atoms with van der Waals surface area (Å²) in [5, 5.41) is 10.5. The normalized spacial score (nSPS) is 10.7. The molecule has 1 aromatic carbocycles. The van der Waals surface area contributed by atoms with Crippen molar-refractivity contribution in [1.29, 1.82) is 0 Å². The molecule has 0 aliphatic heterocycles. The number of hydrogen-bond donors (Lipinski definition) is 1. The number of fused-ring (bicyclic) bond motifs is 1. The Balaban J connectivity index is 3.10. The van der Waals surface area contributed by atoms with Gasteiger partial charge in [-0.3, -0.25) is 4.79 Å². The van der Waals surface area contributed by atoms with E-state index in [2.05, 4.69) is 0 Å². The van der Waals surface area contributed by atoms with Crippen molar-refractivity contribution in [3.05, 3.63) is 40.2 Å². The topological polar surface area (TPSA) is 42.2 Å². The first-order chi connectivity index (χ1) is 6.63. The van der Waals surface area contributed by atoms with Gasteiger partial charge in [0.1, 0.15) is 0 Å². The fourth-order valence-electron chi connectivity index (χ4n) is 1.64. The molecule has 0 atom stereocenters. The van der Waals surface area contributed by atoms with Gasteiger partial charge in [0.05, 0.1) is 5.52 Å². The monoisotopic (exact) mass is 189 g/mol. The Labute approximate surface area is 81.2 Å². The maximum atomic E-state index is 11.5. The highest BCUT2D eigenvalue weighted by molar-refractivity contribution is 5.84. The summed E-state index contributed by atoms with van der Waals surface area (Å²) >= 11 is 0. The van der Waals surface area contributed by atoms with E-state index in [1.807, 2.05) is 24.3 Å². The smallest absolute Gasteiger partial charge is 0.293 e. The number of rotatable bonds is 0. The van der Waals surface area contributed by atoms with E-state index in [4.69, 9.17) is 0 Å². The lowest BCUT2D eigenvalue weighted by Crippen LogP contribution is -2.17. The van der Waals surface area contributed by atoms with Gasteiger partial charge in [-0.15, -0.1) is 0 Å². The lowest BCUT2D eigenvalue weighted by atomic mass is 10.1. The Morgan fingerprint density at radius 1 is 1.29 bits per heavy atom. The number of benzene rings is 1. The maximum absolute atomic E-state index is 11.5. The van der Waals surface area contributed by atoms with Crippen molar-refractivity contribution < 1.29 is 5.11 Å². The van der Waals surface area contributed by atoms with Crippen molar-refractivity contribution in [2.24, 2.45) is 7.05 Å². The molecule has 0 fully saturated rings. The summed E-state index contributed by atoms with van der Waals surface area (Å²) in [6.07, 6.45) is 0. The van der Waals surface area contributed by atoms with Gasteiger partial charge in [0.15, 0.2) is 5.75 Å². The summed E-state index contributed by atoms with van der Waals surface area (Å²) in [5.41, 5.74) is 1.14. The lowest BCUT2D eigenvalue weighted by molar-refractivity contribution is 0.459. The summed E-state index contributed by atoms with van der Waals surface area (Å²) in [6, 6.07) is 7.52. The van der Waals surface area contributed by atoms with Crippen molar-refractivity contribution in [3.8, 4) is 5.75 Å². The molecule has 0 spiro atoms. The summed E-state index contributed by atoms with van der Waals surface area (Å²) in [5.74, 6) is -0.161. The fourth-order valence-corrected chi connectivity index (χ4v) is 1.64. The van der Waals surface area contributed by atoms with E-state index < -0.39 is 0 Å². The standard InChI is InChI=1S/C11H11NO2/c1-7-8-5-3-4-6-9(8)12(2)11(14)10(7)13/h3-6,13H,1-2H3. The zero-order valence-corrected chi connectivity index (χ0v) is 8.11. The predicted octanol–water partition coefficient (Wildman–Crippen LogP) is 1.55. The third-order valence-corrected chi connectivity index (χ3v) is 2.53. The van der Waals surface area contributed by atoms with E-state index in [0.29, 0.717) is 5.56 Å². The molecule has 14 heavy (non-hydrogen) atoms. The SMILES string of the molecule is Cc1c(O)c(=O)n(C)c2ccccc12. The molecule has 3 nitrogen and oxygen atoms in total. The van der Waals surface area contributed by atoms with Crippen LogP contribution < -0.4 is 5.56 Å². The molecule has 0 aliphatic rings. The molecule has 2 aromatic rings. The van der Waals surface area contributed by atoms with E-state index >= 15 is 0 Å². The molecule has 1 heterocycles. The minimum absolute atomic E-state index is 0.161. The first kappa shape index (κ1) is 8.81. The van der Waals surface area contributed by atoms with Crippen LogP contribution in [0.5, 0.6) is 5.75 Å². The Morgan fingerprint density at radius 2 is 1.93 bits per heavy atom. The second-order valence-electron chi connectivity index (χ2n) is 3.35. The van der Waals surface area contributed by atoms with Gasteiger partial charge in [0.25, 0.3) is 5.56 Å². The fraction of sp³-hybridized carbons (Fsp3) is 0.182. The predicted molar refractivity (Wildman–Crippen MR) is 55.6 cm³/mol. The van der Waals surface area contributed by atoms with Gasteiger partial charge >= 0.3 is 0 Å². The Bertz CT molecular complexity index is 555. The molecule has 1 N–H and O–H groups in total. The van der Waals surface area contributed by atoms with Gasteiger partial charge < -0.3 is 9.67 Å². The Hall–Kier alpha value is -1.77. The molecule has 0 aliphatic carbocycles. The highest BCUT2D eigenvalue weighted by Crippen LogP contribution is 2.21. The van der Waals surface area contributed by atoms with Crippen molar-refractivity contribution in [1.82, 2.24) is 4.57 Å². The maximum Gasteiger partial charge on any atom is 0.293 e. The Morgan fingerprint density at radius 3 is 2.64 bits per heavy atom. The second-order valence-corrected chi connectivity index (χ2v) is 3.35. The minimum Gasteiger partial charge on any atom is -0.503 e. The van der Waals surface area contributed by atoms with E-state index in [0.717, 1.165) is 10.9 Å². The average Bonchev–Trinajstić information content (AvgIpc) is 2.23. The minimum atomic E-state index is -0.346. The molecular weight excluding hydrogens is 178 g/mol. The van der Waals surface area contributed by atoms with Crippen molar-refractivity contribution in [2.75, 3.05) is 0 Å². The van der Waals surface area contributed by atoms with E-state index in [1.165, 1.54) is 4.57 Å². The molecule has 0 unspecified atom stereocenters. The van der Waals surface area contributed by atoms with Crippen LogP contribution >= 0.6 is 0 Å². The van der Waals surface area contributed by atoms with Crippen molar-refractivity contribution in [2.45, 2.75) is 6.92 Å². The molecular formula is C11H11NO2. The van der Waals surface area contributed by atoms with Crippen LogP contribution in [0, 0.1) is 6.92 Å². The first-order valence-electron chi connectivity index (χ1n) is 4.40. The van der Waals surface area contributed by atoms with Gasteiger partial charge in [-0.2, -0.15) is 0 Å². The highest BCUT2D eigenvalue weighted by Gasteiger charge is 2.09. The molecule has 0 saturated carbocycles. The van der Waals surface area contributed by atoms with Crippen molar-refractivity contribution >= 4 is 10.9 Å². The zero-order chi connectivity index (χ0) is 10.3. The van der Waals surface area contributed by atoms with Gasteiger partial charge in [-0.1, -0.05) is 18.2 Å². The molecule has 0 bridgehead atoms. The lowest BCUT2D eigenvalue weighted by Gasteiger charge is -2.08. The number of aromatic nitrogens is 1. The number of para-hydroxylation sites is 1. The van der Waals surface area contributed by atoms with E-state index in [1.54, 1.807) is 14.0 Å². The van der Waals surface area contributed by atoms with Crippen LogP contribution in [0.25, 0.3) is 10.9 Å². The third kappa shape index (κ3) is 1.02. The van der Waals surface area contributed by atoms with Crippen molar-refractivity contribution in [3.63, 3.8) is 0 Å². The molecule has 3 heteroatoms. The highest BCUT2D eigenvalue weighted by atomic mass is 16.3. The van der Waals surface area contributed by atoms with Crippen LogP contribution in [0.2, 0.25) is 0 Å². The van der Waals surface area contributed by atoms with E-state index in [-0.39, 0.29) is 11.3 Å². The van der Waals surface area contributed by atoms with Crippen LogP contribution in [0.15, 0.2) is 29.1 Å². The number of aromatic hydroxyl groups is 1.